The highest BCUT2D eigenvalue weighted by Gasteiger charge is 2.26. The number of hydrogen-bond acceptors (Lipinski definition) is 5. The fraction of sp³-hybridized carbons (Fsp3) is 0.965. The second kappa shape index (κ2) is 53.3. The maximum atomic E-state index is 13.1. The lowest BCUT2D eigenvalue weighted by Gasteiger charge is -2.33. The van der Waals surface area contributed by atoms with Gasteiger partial charge in [-0.15, -0.1) is 0 Å². The number of likely N-dealkylation sites (N-methyl/N-ethyl adjacent to an activating group) is 1. The number of hydrogen-bond donors (Lipinski definition) is 1. The number of aliphatic hydroxyl groups excluding tert-OH is 1. The van der Waals surface area contributed by atoms with Crippen molar-refractivity contribution >= 4 is 11.9 Å². The van der Waals surface area contributed by atoms with Crippen LogP contribution in [0.1, 0.15) is 309 Å². The molecule has 0 radical (unpaired) electrons. The number of aliphatic hydroxyl groups is 1. The van der Waals surface area contributed by atoms with Gasteiger partial charge in [0.25, 0.3) is 0 Å². The van der Waals surface area contributed by atoms with Gasteiger partial charge in [-0.25, -0.2) is 0 Å². The van der Waals surface area contributed by atoms with Crippen LogP contribution in [0.3, 0.4) is 0 Å². The van der Waals surface area contributed by atoms with Gasteiger partial charge >= 0.3 is 11.9 Å². The summed E-state index contributed by atoms with van der Waals surface area (Å²) in [7, 11) is 4.48. The molecule has 7 heteroatoms. The lowest BCUT2D eigenvalue weighted by Crippen LogP contribution is -3.00. The fourth-order valence-electron chi connectivity index (χ4n) is 9.32. The van der Waals surface area contributed by atoms with E-state index < -0.39 is 6.10 Å². The van der Waals surface area contributed by atoms with Gasteiger partial charge in [0.15, 0.2) is 6.10 Å². The van der Waals surface area contributed by atoms with Crippen LogP contribution < -0.4 is 17.0 Å². The van der Waals surface area contributed by atoms with E-state index in [1.807, 2.05) is 0 Å². The van der Waals surface area contributed by atoms with E-state index in [1.165, 1.54) is 250 Å². The third kappa shape index (κ3) is 52.3. The number of unbranched alkanes of at least 4 members (excludes halogenated alkanes) is 41. The Bertz CT molecular complexity index is 932. The van der Waals surface area contributed by atoms with Crippen molar-refractivity contribution in [1.29, 1.82) is 0 Å². The zero-order valence-corrected chi connectivity index (χ0v) is 45.4. The van der Waals surface area contributed by atoms with Gasteiger partial charge in [0.1, 0.15) is 13.2 Å². The van der Waals surface area contributed by atoms with E-state index in [0.29, 0.717) is 26.0 Å². The molecule has 384 valence electrons. The van der Waals surface area contributed by atoms with E-state index in [9.17, 15) is 9.59 Å². The maximum Gasteiger partial charge on any atom is 0.306 e. The van der Waals surface area contributed by atoms with Gasteiger partial charge in [-0.3, -0.25) is 9.59 Å². The van der Waals surface area contributed by atoms with Crippen molar-refractivity contribution in [3.05, 3.63) is 0 Å². The molecule has 0 aliphatic carbocycles. The molecule has 0 rings (SSSR count). The topological polar surface area (TPSA) is 72.8 Å². The van der Waals surface area contributed by atoms with Crippen LogP contribution in [0.25, 0.3) is 0 Å². The first-order valence-electron chi connectivity index (χ1n) is 28.6. The summed E-state index contributed by atoms with van der Waals surface area (Å²) in [6.07, 6.45) is 57.8. The number of carbonyl (C=O) groups is 2. The van der Waals surface area contributed by atoms with Crippen molar-refractivity contribution in [2.45, 2.75) is 315 Å². The molecule has 64 heavy (non-hydrogen) atoms. The molecule has 0 bridgehead atoms. The van der Waals surface area contributed by atoms with Gasteiger partial charge in [-0.05, 0) is 32.1 Å². The highest BCUT2D eigenvalue weighted by Crippen LogP contribution is 2.18. The standard InChI is InChI=1S/C57H114NO5.BrH/c1-5-7-9-11-13-15-17-25-29-33-37-41-45-49-56(60)62-54-55(63-57(61)50-46-42-38-34-30-26-18-16-14-12-10-8-6-2)53-58(3,4)51-47-43-39-35-31-27-23-21-19-20-22-24-28-32-36-40-44-48-52-59;/h55,59H,5-54H2,1-4H3;1H/q+1;/p-1. The molecule has 1 N–H and O–H groups in total. The van der Waals surface area contributed by atoms with E-state index in [2.05, 4.69) is 27.9 Å². The summed E-state index contributed by atoms with van der Waals surface area (Å²) in [4.78, 5) is 25.9. The van der Waals surface area contributed by atoms with Gasteiger partial charge < -0.3 is 36.0 Å². The Morgan fingerprint density at radius 1 is 0.391 bits per heavy atom. The first kappa shape index (κ1) is 65.4. The number of esters is 2. The highest BCUT2D eigenvalue weighted by molar-refractivity contribution is 5.70. The largest absolute Gasteiger partial charge is 1.00 e. The van der Waals surface area contributed by atoms with Crippen molar-refractivity contribution in [3.8, 4) is 0 Å². The minimum atomic E-state index is -0.391. The molecule has 0 heterocycles. The number of halogens is 1. The van der Waals surface area contributed by atoms with Crippen molar-refractivity contribution in [3.63, 3.8) is 0 Å². The number of rotatable bonds is 53. The number of nitrogens with zero attached hydrogens (tertiary/aromatic N) is 1. The van der Waals surface area contributed by atoms with Gasteiger partial charge in [0.2, 0.25) is 0 Å². The first-order valence-corrected chi connectivity index (χ1v) is 28.6. The highest BCUT2D eigenvalue weighted by atomic mass is 79.9. The van der Waals surface area contributed by atoms with Gasteiger partial charge in [0, 0.05) is 19.4 Å². The Hall–Kier alpha value is -0.660. The minimum Gasteiger partial charge on any atom is -1.00 e. The zero-order chi connectivity index (χ0) is 46.0. The number of ether oxygens (including phenoxy) is 2. The summed E-state index contributed by atoms with van der Waals surface area (Å²) in [5, 5.41) is 8.88. The second-order valence-corrected chi connectivity index (χ2v) is 20.7. The zero-order valence-electron chi connectivity index (χ0n) is 43.8. The molecular weight excluding hydrogens is 859 g/mol. The first-order chi connectivity index (χ1) is 30.8. The van der Waals surface area contributed by atoms with E-state index in [-0.39, 0.29) is 35.5 Å². The van der Waals surface area contributed by atoms with Crippen LogP contribution in [-0.4, -0.2) is 68.0 Å². The summed E-state index contributed by atoms with van der Waals surface area (Å²) in [6, 6.07) is 0. The molecule has 0 spiro atoms. The summed E-state index contributed by atoms with van der Waals surface area (Å²) >= 11 is 0. The van der Waals surface area contributed by atoms with E-state index >= 15 is 0 Å². The van der Waals surface area contributed by atoms with Crippen LogP contribution in [0.15, 0.2) is 0 Å². The van der Waals surface area contributed by atoms with E-state index in [4.69, 9.17) is 14.6 Å². The normalized spacial score (nSPS) is 12.1. The molecule has 0 fully saturated rings. The van der Waals surface area contributed by atoms with Crippen LogP contribution in [0.2, 0.25) is 0 Å². The molecule has 0 saturated carbocycles. The molecule has 1 atom stereocenters. The SMILES string of the molecule is CCCCCCCCCCCCCCCC(=O)OCC(C[N+](C)(C)CCCCCCCCCCCCCCCCCCCCO)OC(=O)CCCCCCCCCCCCCCC.[Br-]. The fourth-order valence-corrected chi connectivity index (χ4v) is 9.32. The molecule has 6 nitrogen and oxygen atoms in total. The van der Waals surface area contributed by atoms with Crippen LogP contribution in [0, 0.1) is 0 Å². The third-order valence-electron chi connectivity index (χ3n) is 13.6. The van der Waals surface area contributed by atoms with Gasteiger partial charge in [-0.1, -0.05) is 264 Å². The Morgan fingerprint density at radius 3 is 0.969 bits per heavy atom. The molecule has 0 aliphatic rings. The quantitative estimate of drug-likeness (QED) is 0.0373. The Kier molecular flexibility index (Phi) is 54.5. The predicted molar refractivity (Wildman–Crippen MR) is 273 cm³/mol. The van der Waals surface area contributed by atoms with Crippen LogP contribution in [0.4, 0.5) is 0 Å². The molecule has 0 aromatic heterocycles. The van der Waals surface area contributed by atoms with Crippen LogP contribution >= 0.6 is 0 Å². The van der Waals surface area contributed by atoms with Crippen molar-refractivity contribution in [1.82, 2.24) is 0 Å². The smallest absolute Gasteiger partial charge is 0.306 e. The van der Waals surface area contributed by atoms with Crippen molar-refractivity contribution in [2.24, 2.45) is 0 Å². The average molecular weight is 973 g/mol. The van der Waals surface area contributed by atoms with Crippen molar-refractivity contribution in [2.75, 3.05) is 40.4 Å². The second-order valence-electron chi connectivity index (χ2n) is 20.7. The lowest BCUT2D eigenvalue weighted by atomic mass is 10.0. The summed E-state index contributed by atoms with van der Waals surface area (Å²) in [6.45, 7) is 6.81. The molecule has 0 aromatic carbocycles. The number of carbonyl (C=O) groups excluding carboxylic acids is 2. The molecular formula is C57H114BrNO5. The molecule has 0 aliphatic heterocycles. The summed E-state index contributed by atoms with van der Waals surface area (Å²) in [5.41, 5.74) is 0. The third-order valence-corrected chi connectivity index (χ3v) is 13.6. The monoisotopic (exact) mass is 972 g/mol. The Morgan fingerprint density at radius 2 is 0.656 bits per heavy atom. The molecule has 0 aromatic rings. The number of quaternary nitrogens is 1. The van der Waals surface area contributed by atoms with E-state index in [0.717, 1.165) is 43.1 Å². The van der Waals surface area contributed by atoms with Gasteiger partial charge in [-0.2, -0.15) is 0 Å². The molecule has 0 amide bonds. The Balaban J connectivity index is 0. The minimum absolute atomic E-state index is 0. The average Bonchev–Trinajstić information content (AvgIpc) is 3.26. The predicted octanol–water partition coefficient (Wildman–Crippen LogP) is 14.5. The van der Waals surface area contributed by atoms with Crippen LogP contribution in [0.5, 0.6) is 0 Å². The molecule has 1 unspecified atom stereocenters. The van der Waals surface area contributed by atoms with E-state index in [1.54, 1.807) is 0 Å². The molecule has 0 saturated heterocycles. The summed E-state index contributed by atoms with van der Waals surface area (Å²) < 4.78 is 12.6. The maximum absolute atomic E-state index is 13.1. The Labute approximate surface area is 411 Å². The summed E-state index contributed by atoms with van der Waals surface area (Å²) in [5.74, 6) is -0.276. The van der Waals surface area contributed by atoms with Gasteiger partial charge in [0.05, 0.1) is 20.6 Å². The van der Waals surface area contributed by atoms with Crippen LogP contribution in [-0.2, 0) is 19.1 Å². The lowest BCUT2D eigenvalue weighted by molar-refractivity contribution is -0.893. The van der Waals surface area contributed by atoms with Crippen molar-refractivity contribution < 1.29 is 45.6 Å².